The van der Waals surface area contributed by atoms with Crippen LogP contribution in [0.15, 0.2) is 24.3 Å². The van der Waals surface area contributed by atoms with Crippen molar-refractivity contribution < 1.29 is 4.79 Å². The Balaban J connectivity index is 2.81. The van der Waals surface area contributed by atoms with Crippen LogP contribution in [0.25, 0.3) is 0 Å². The van der Waals surface area contributed by atoms with Gasteiger partial charge >= 0.3 is 0 Å². The third-order valence-corrected chi connectivity index (χ3v) is 2.65. The lowest BCUT2D eigenvalue weighted by Crippen LogP contribution is -2.02. The lowest BCUT2D eigenvalue weighted by atomic mass is 10.0. The van der Waals surface area contributed by atoms with E-state index in [0.717, 1.165) is 10.9 Å². The molecule has 0 atom stereocenters. The fourth-order valence-electron chi connectivity index (χ4n) is 1.20. The summed E-state index contributed by atoms with van der Waals surface area (Å²) in [5, 5.41) is 0.820. The first-order valence-electron chi connectivity index (χ1n) is 4.42. The summed E-state index contributed by atoms with van der Waals surface area (Å²) in [6.07, 6.45) is 1.19. The molecule has 0 saturated heterocycles. The Bertz CT molecular complexity index is 294. The minimum atomic E-state index is 0.299. The van der Waals surface area contributed by atoms with E-state index >= 15 is 0 Å². The lowest BCUT2D eigenvalue weighted by molar-refractivity contribution is -0.118. The second kappa shape index (κ2) is 5.18. The maximum Gasteiger partial charge on any atom is 0.137 e. The first kappa shape index (κ1) is 10.5. The summed E-state index contributed by atoms with van der Waals surface area (Å²) in [5.41, 5.74) is 2.36. The molecule has 0 fully saturated rings. The summed E-state index contributed by atoms with van der Waals surface area (Å²) in [5.74, 6) is 0.299. The average Bonchev–Trinajstić information content (AvgIpc) is 2.18. The van der Waals surface area contributed by atoms with Crippen LogP contribution in [0.5, 0.6) is 0 Å². The molecular weight excluding hydrogens is 228 g/mol. The van der Waals surface area contributed by atoms with E-state index in [2.05, 4.69) is 15.9 Å². The fourth-order valence-corrected chi connectivity index (χ4v) is 1.74. The number of Topliss-reactive ketones (excluding diaryl/α,β-unsaturated/α-hetero) is 1. The van der Waals surface area contributed by atoms with E-state index in [1.54, 1.807) is 0 Å². The second-order valence-electron chi connectivity index (χ2n) is 2.97. The number of rotatable bonds is 4. The second-order valence-corrected chi connectivity index (χ2v) is 3.53. The molecular formula is C11H13BrO. The van der Waals surface area contributed by atoms with Crippen LogP contribution < -0.4 is 0 Å². The van der Waals surface area contributed by atoms with E-state index in [1.165, 1.54) is 5.56 Å². The Morgan fingerprint density at radius 2 is 1.92 bits per heavy atom. The Hall–Kier alpha value is -0.630. The fraction of sp³-hybridized carbons (Fsp3) is 0.364. The number of carbonyl (C=O) groups excluding carboxylic acids is 1. The minimum Gasteiger partial charge on any atom is -0.299 e. The molecule has 1 aromatic carbocycles. The smallest absolute Gasteiger partial charge is 0.137 e. The predicted molar refractivity (Wildman–Crippen MR) is 58.1 cm³/mol. The zero-order valence-electron chi connectivity index (χ0n) is 7.72. The molecule has 0 saturated carbocycles. The number of carbonyl (C=O) groups is 1. The topological polar surface area (TPSA) is 17.1 Å². The number of hydrogen-bond acceptors (Lipinski definition) is 1. The van der Waals surface area contributed by atoms with Gasteiger partial charge in [-0.2, -0.15) is 0 Å². The van der Waals surface area contributed by atoms with Gasteiger partial charge in [0.05, 0.1) is 0 Å². The average molecular weight is 241 g/mol. The Kier molecular flexibility index (Phi) is 4.16. The molecule has 0 aliphatic heterocycles. The van der Waals surface area contributed by atoms with E-state index < -0.39 is 0 Å². The molecule has 0 aliphatic carbocycles. The highest BCUT2D eigenvalue weighted by Gasteiger charge is 2.04. The highest BCUT2D eigenvalue weighted by molar-refractivity contribution is 9.08. The van der Waals surface area contributed by atoms with Gasteiger partial charge in [-0.25, -0.2) is 0 Å². The van der Waals surface area contributed by atoms with Crippen LogP contribution in [-0.2, 0) is 16.5 Å². The molecule has 0 radical (unpaired) electrons. The van der Waals surface area contributed by atoms with Crippen molar-refractivity contribution in [3.05, 3.63) is 35.4 Å². The number of alkyl halides is 1. The molecule has 0 aliphatic rings. The van der Waals surface area contributed by atoms with E-state index in [9.17, 15) is 4.79 Å². The quantitative estimate of drug-likeness (QED) is 0.740. The van der Waals surface area contributed by atoms with Gasteiger partial charge in [-0.3, -0.25) is 4.79 Å². The van der Waals surface area contributed by atoms with Gasteiger partial charge < -0.3 is 0 Å². The molecule has 0 spiro atoms. The van der Waals surface area contributed by atoms with E-state index in [0.29, 0.717) is 18.6 Å². The third kappa shape index (κ3) is 2.96. The van der Waals surface area contributed by atoms with Crippen molar-refractivity contribution in [2.24, 2.45) is 0 Å². The van der Waals surface area contributed by atoms with Crippen LogP contribution in [0.4, 0.5) is 0 Å². The van der Waals surface area contributed by atoms with E-state index in [-0.39, 0.29) is 0 Å². The molecule has 70 valence electrons. The van der Waals surface area contributed by atoms with Crippen molar-refractivity contribution in [3.8, 4) is 0 Å². The molecule has 1 aromatic rings. The maximum atomic E-state index is 11.2. The van der Waals surface area contributed by atoms with Crippen molar-refractivity contribution >= 4 is 21.7 Å². The summed E-state index contributed by atoms with van der Waals surface area (Å²) < 4.78 is 0. The molecule has 1 rings (SSSR count). The zero-order valence-corrected chi connectivity index (χ0v) is 9.30. The van der Waals surface area contributed by atoms with Gasteiger partial charge in [-0.05, 0) is 11.1 Å². The van der Waals surface area contributed by atoms with Crippen LogP contribution in [0, 0.1) is 0 Å². The van der Waals surface area contributed by atoms with Crippen LogP contribution in [0.3, 0.4) is 0 Å². The maximum absolute atomic E-state index is 11.2. The molecule has 0 bridgehead atoms. The van der Waals surface area contributed by atoms with Crippen molar-refractivity contribution in [3.63, 3.8) is 0 Å². The van der Waals surface area contributed by atoms with Crippen LogP contribution in [-0.4, -0.2) is 5.78 Å². The highest BCUT2D eigenvalue weighted by Crippen LogP contribution is 2.13. The van der Waals surface area contributed by atoms with Gasteiger partial charge in [0.15, 0.2) is 0 Å². The highest BCUT2D eigenvalue weighted by atomic mass is 79.9. The van der Waals surface area contributed by atoms with Gasteiger partial charge in [-0.15, -0.1) is 0 Å². The monoisotopic (exact) mass is 240 g/mol. The summed E-state index contributed by atoms with van der Waals surface area (Å²) >= 11 is 3.41. The van der Waals surface area contributed by atoms with Crippen LogP contribution >= 0.6 is 15.9 Å². The van der Waals surface area contributed by atoms with Crippen molar-refractivity contribution in [1.29, 1.82) is 0 Å². The first-order valence-corrected chi connectivity index (χ1v) is 5.54. The molecule has 13 heavy (non-hydrogen) atoms. The van der Waals surface area contributed by atoms with Crippen LogP contribution in [0.2, 0.25) is 0 Å². The van der Waals surface area contributed by atoms with E-state index in [1.807, 2.05) is 31.2 Å². The zero-order chi connectivity index (χ0) is 9.68. The predicted octanol–water partition coefficient (Wildman–Crippen LogP) is 3.10. The standard InChI is InChI=1S/C11H13BrO/c1-2-11(13)7-9-5-3-4-6-10(9)8-12/h3-6H,2,7-8H2,1H3. The van der Waals surface area contributed by atoms with Gasteiger partial charge in [0.2, 0.25) is 0 Å². The Morgan fingerprint density at radius 3 is 2.46 bits per heavy atom. The van der Waals surface area contributed by atoms with E-state index in [4.69, 9.17) is 0 Å². The normalized spacial score (nSPS) is 10.0. The third-order valence-electron chi connectivity index (χ3n) is 2.04. The lowest BCUT2D eigenvalue weighted by Gasteiger charge is -2.04. The molecule has 0 amide bonds. The number of halogens is 1. The SMILES string of the molecule is CCC(=O)Cc1ccccc1CBr. The Morgan fingerprint density at radius 1 is 1.31 bits per heavy atom. The summed E-state index contributed by atoms with van der Waals surface area (Å²) in [4.78, 5) is 11.2. The van der Waals surface area contributed by atoms with Gasteiger partial charge in [0.25, 0.3) is 0 Å². The molecule has 2 heteroatoms. The largest absolute Gasteiger partial charge is 0.299 e. The molecule has 0 N–H and O–H groups in total. The molecule has 0 aromatic heterocycles. The Labute approximate surface area is 87.3 Å². The summed E-state index contributed by atoms with van der Waals surface area (Å²) in [7, 11) is 0. The molecule has 0 heterocycles. The van der Waals surface area contributed by atoms with Gasteiger partial charge in [0, 0.05) is 18.2 Å². The van der Waals surface area contributed by atoms with Crippen LogP contribution in [0.1, 0.15) is 24.5 Å². The van der Waals surface area contributed by atoms with Crippen molar-refractivity contribution in [2.75, 3.05) is 0 Å². The van der Waals surface area contributed by atoms with Crippen molar-refractivity contribution in [1.82, 2.24) is 0 Å². The van der Waals surface area contributed by atoms with Crippen molar-refractivity contribution in [2.45, 2.75) is 25.1 Å². The van der Waals surface area contributed by atoms with Gasteiger partial charge in [0.1, 0.15) is 5.78 Å². The number of ketones is 1. The summed E-state index contributed by atoms with van der Waals surface area (Å²) in [6.45, 7) is 1.90. The van der Waals surface area contributed by atoms with Gasteiger partial charge in [-0.1, -0.05) is 47.1 Å². The first-order chi connectivity index (χ1) is 6.27. The summed E-state index contributed by atoms with van der Waals surface area (Å²) in [6, 6.07) is 8.04. The minimum absolute atomic E-state index is 0.299. The molecule has 0 unspecified atom stereocenters. The number of hydrogen-bond donors (Lipinski definition) is 0. The number of benzene rings is 1. The molecule has 1 nitrogen and oxygen atoms in total.